The third-order valence-electron chi connectivity index (χ3n) is 2.01. The summed E-state index contributed by atoms with van der Waals surface area (Å²) in [6.45, 7) is 0. The van der Waals surface area contributed by atoms with Crippen LogP contribution < -0.4 is 5.06 Å². The third kappa shape index (κ3) is 1.52. The number of hydroxylamine groups is 1. The molecule has 72 valence electrons. The van der Waals surface area contributed by atoms with Crippen LogP contribution in [0.4, 0.5) is 5.69 Å². The van der Waals surface area contributed by atoms with Crippen LogP contribution in [0.1, 0.15) is 0 Å². The number of para-hydroxylation sites is 1. The van der Waals surface area contributed by atoms with Gasteiger partial charge in [-0.05, 0) is 12.1 Å². The van der Waals surface area contributed by atoms with Gasteiger partial charge in [-0.25, -0.2) is 4.98 Å². The monoisotopic (exact) mass is 208 g/mol. The van der Waals surface area contributed by atoms with Gasteiger partial charge in [0.2, 0.25) is 0 Å². The predicted octanol–water partition coefficient (Wildman–Crippen LogP) is 2.71. The van der Waals surface area contributed by atoms with Gasteiger partial charge >= 0.3 is 0 Å². The van der Waals surface area contributed by atoms with Crippen LogP contribution in [0.2, 0.25) is 5.15 Å². The normalized spacial score (nSPS) is 10.5. The topological polar surface area (TPSA) is 36.4 Å². The second-order valence-electron chi connectivity index (χ2n) is 3.01. The molecule has 3 nitrogen and oxygen atoms in total. The standard InChI is InChI=1S/C10H9ClN2O/c1-13(14)9-6-7-4-2-3-5-8(7)12-10(9)11/h2-6,14H,1H3. The van der Waals surface area contributed by atoms with Crippen LogP contribution in [0.15, 0.2) is 30.3 Å². The molecule has 0 unspecified atom stereocenters. The van der Waals surface area contributed by atoms with Crippen molar-refractivity contribution >= 4 is 28.2 Å². The highest BCUT2D eigenvalue weighted by Crippen LogP contribution is 2.26. The van der Waals surface area contributed by atoms with Crippen molar-refractivity contribution in [3.05, 3.63) is 35.5 Å². The Morgan fingerprint density at radius 3 is 2.79 bits per heavy atom. The smallest absolute Gasteiger partial charge is 0.155 e. The van der Waals surface area contributed by atoms with Gasteiger partial charge in [-0.15, -0.1) is 0 Å². The van der Waals surface area contributed by atoms with E-state index in [2.05, 4.69) is 4.98 Å². The van der Waals surface area contributed by atoms with Crippen LogP contribution in [0, 0.1) is 0 Å². The van der Waals surface area contributed by atoms with Crippen LogP contribution in [0.3, 0.4) is 0 Å². The van der Waals surface area contributed by atoms with E-state index in [9.17, 15) is 5.21 Å². The molecule has 0 radical (unpaired) electrons. The van der Waals surface area contributed by atoms with Crippen molar-refractivity contribution in [2.75, 3.05) is 12.1 Å². The van der Waals surface area contributed by atoms with E-state index in [1.54, 1.807) is 6.07 Å². The molecule has 0 bridgehead atoms. The zero-order chi connectivity index (χ0) is 10.1. The average Bonchev–Trinajstić information content (AvgIpc) is 2.16. The van der Waals surface area contributed by atoms with E-state index in [0.29, 0.717) is 10.8 Å². The summed E-state index contributed by atoms with van der Waals surface area (Å²) >= 11 is 5.89. The van der Waals surface area contributed by atoms with Crippen molar-refractivity contribution in [2.45, 2.75) is 0 Å². The first-order valence-electron chi connectivity index (χ1n) is 4.16. The predicted molar refractivity (Wildman–Crippen MR) is 56.9 cm³/mol. The summed E-state index contributed by atoms with van der Waals surface area (Å²) in [7, 11) is 1.51. The van der Waals surface area contributed by atoms with Crippen molar-refractivity contribution in [1.82, 2.24) is 4.98 Å². The van der Waals surface area contributed by atoms with Crippen molar-refractivity contribution in [3.63, 3.8) is 0 Å². The van der Waals surface area contributed by atoms with Gasteiger partial charge in [-0.1, -0.05) is 29.8 Å². The first-order chi connectivity index (χ1) is 6.68. The third-order valence-corrected chi connectivity index (χ3v) is 2.29. The molecule has 0 aliphatic rings. The summed E-state index contributed by atoms with van der Waals surface area (Å²) in [5.41, 5.74) is 1.33. The van der Waals surface area contributed by atoms with E-state index in [0.717, 1.165) is 16.0 Å². The van der Waals surface area contributed by atoms with Gasteiger partial charge < -0.3 is 0 Å². The number of anilines is 1. The molecule has 0 aliphatic heterocycles. The average molecular weight is 209 g/mol. The Labute approximate surface area is 86.5 Å². The van der Waals surface area contributed by atoms with Crippen molar-refractivity contribution in [1.29, 1.82) is 0 Å². The van der Waals surface area contributed by atoms with Crippen LogP contribution in [0.25, 0.3) is 10.9 Å². The number of nitrogens with zero attached hydrogens (tertiary/aromatic N) is 2. The molecular formula is C10H9ClN2O. The van der Waals surface area contributed by atoms with E-state index in [-0.39, 0.29) is 0 Å². The molecule has 1 aromatic heterocycles. The van der Waals surface area contributed by atoms with Crippen LogP contribution in [-0.2, 0) is 0 Å². The van der Waals surface area contributed by atoms with Crippen LogP contribution in [-0.4, -0.2) is 17.2 Å². The molecule has 2 rings (SSSR count). The Bertz CT molecular complexity index is 471. The van der Waals surface area contributed by atoms with Crippen molar-refractivity contribution < 1.29 is 5.21 Å². The highest BCUT2D eigenvalue weighted by molar-refractivity contribution is 6.32. The zero-order valence-electron chi connectivity index (χ0n) is 7.61. The Morgan fingerprint density at radius 2 is 2.07 bits per heavy atom. The minimum absolute atomic E-state index is 0.300. The summed E-state index contributed by atoms with van der Waals surface area (Å²) in [6, 6.07) is 9.41. The summed E-state index contributed by atoms with van der Waals surface area (Å²) in [6.07, 6.45) is 0. The molecule has 2 aromatic rings. The van der Waals surface area contributed by atoms with E-state index < -0.39 is 0 Å². The summed E-state index contributed by atoms with van der Waals surface area (Å²) in [4.78, 5) is 4.16. The van der Waals surface area contributed by atoms with Crippen molar-refractivity contribution in [3.8, 4) is 0 Å². The molecule has 0 aliphatic carbocycles. The Balaban J connectivity index is 2.71. The number of hydrogen-bond acceptors (Lipinski definition) is 3. The number of halogens is 1. The van der Waals surface area contributed by atoms with Crippen molar-refractivity contribution in [2.24, 2.45) is 0 Å². The molecule has 4 heteroatoms. The molecule has 1 N–H and O–H groups in total. The molecule has 0 saturated heterocycles. The quantitative estimate of drug-likeness (QED) is 0.578. The largest absolute Gasteiger partial charge is 0.289 e. The summed E-state index contributed by atoms with van der Waals surface area (Å²) < 4.78 is 0. The van der Waals surface area contributed by atoms with E-state index >= 15 is 0 Å². The minimum atomic E-state index is 0.300. The Hall–Kier alpha value is -1.32. The van der Waals surface area contributed by atoms with Gasteiger partial charge in [0.1, 0.15) is 5.69 Å². The number of hydrogen-bond donors (Lipinski definition) is 1. The van der Waals surface area contributed by atoms with Crippen LogP contribution in [0.5, 0.6) is 0 Å². The Morgan fingerprint density at radius 1 is 1.36 bits per heavy atom. The van der Waals surface area contributed by atoms with Gasteiger partial charge in [0, 0.05) is 12.4 Å². The minimum Gasteiger partial charge on any atom is -0.289 e. The second kappa shape index (κ2) is 3.44. The number of rotatable bonds is 1. The van der Waals surface area contributed by atoms with Gasteiger partial charge in [-0.3, -0.25) is 10.3 Å². The maximum atomic E-state index is 9.27. The van der Waals surface area contributed by atoms with Gasteiger partial charge in [0.05, 0.1) is 5.52 Å². The maximum absolute atomic E-state index is 9.27. The lowest BCUT2D eigenvalue weighted by Gasteiger charge is -2.12. The molecule has 0 spiro atoms. The second-order valence-corrected chi connectivity index (χ2v) is 3.37. The molecule has 0 atom stereocenters. The van der Waals surface area contributed by atoms with Gasteiger partial charge in [0.15, 0.2) is 5.15 Å². The fourth-order valence-electron chi connectivity index (χ4n) is 1.31. The molecule has 1 heterocycles. The number of pyridine rings is 1. The molecule has 0 saturated carbocycles. The molecular weight excluding hydrogens is 200 g/mol. The van der Waals surface area contributed by atoms with Crippen LogP contribution >= 0.6 is 11.6 Å². The Kier molecular flexibility index (Phi) is 2.27. The first kappa shape index (κ1) is 9.24. The highest BCUT2D eigenvalue weighted by atomic mass is 35.5. The van der Waals surface area contributed by atoms with E-state index in [4.69, 9.17) is 11.6 Å². The first-order valence-corrected chi connectivity index (χ1v) is 4.54. The molecule has 0 amide bonds. The van der Waals surface area contributed by atoms with E-state index in [1.165, 1.54) is 7.05 Å². The number of benzene rings is 1. The lowest BCUT2D eigenvalue weighted by atomic mass is 10.2. The van der Waals surface area contributed by atoms with Gasteiger partial charge in [-0.2, -0.15) is 0 Å². The molecule has 14 heavy (non-hydrogen) atoms. The zero-order valence-corrected chi connectivity index (χ0v) is 8.36. The number of aromatic nitrogens is 1. The lowest BCUT2D eigenvalue weighted by molar-refractivity contribution is 0.279. The fourth-order valence-corrected chi connectivity index (χ4v) is 1.58. The van der Waals surface area contributed by atoms with Gasteiger partial charge in [0.25, 0.3) is 0 Å². The lowest BCUT2D eigenvalue weighted by Crippen LogP contribution is -2.10. The maximum Gasteiger partial charge on any atom is 0.155 e. The number of fused-ring (bicyclic) bond motifs is 1. The van der Waals surface area contributed by atoms with E-state index in [1.807, 2.05) is 24.3 Å². The SMILES string of the molecule is CN(O)c1cc2ccccc2nc1Cl. The highest BCUT2D eigenvalue weighted by Gasteiger charge is 2.06. The fraction of sp³-hybridized carbons (Fsp3) is 0.100. The summed E-state index contributed by atoms with van der Waals surface area (Å²) in [5.74, 6) is 0. The summed E-state index contributed by atoms with van der Waals surface area (Å²) in [5, 5.41) is 11.5. The molecule has 0 fully saturated rings. The molecule has 1 aromatic carbocycles.